The molecular weight excluding hydrogens is 495 g/mol. The molecule has 2 N–H and O–H groups in total. The molecule has 2 heterocycles. The minimum absolute atomic E-state index is 0.162. The van der Waals surface area contributed by atoms with E-state index in [2.05, 4.69) is 28.6 Å². The molecule has 1 aromatic heterocycles. The van der Waals surface area contributed by atoms with Gasteiger partial charge in [-0.2, -0.15) is 10.4 Å². The molecule has 200 valence electrons. The number of halogens is 1. The summed E-state index contributed by atoms with van der Waals surface area (Å²) in [5.74, 6) is 0.794. The van der Waals surface area contributed by atoms with Crippen molar-refractivity contribution >= 4 is 5.84 Å². The zero-order valence-electron chi connectivity index (χ0n) is 21.9. The van der Waals surface area contributed by atoms with Gasteiger partial charge in [0.25, 0.3) is 0 Å². The molecule has 2 aromatic carbocycles. The Morgan fingerprint density at radius 3 is 2.82 bits per heavy atom. The highest BCUT2D eigenvalue weighted by Crippen LogP contribution is 2.18. The second-order valence-corrected chi connectivity index (χ2v) is 9.57. The molecular formula is C30H31FN6O2. The topological polar surface area (TPSA) is 110 Å². The molecule has 3 aromatic rings. The lowest BCUT2D eigenvalue weighted by molar-refractivity contribution is 0.122. The van der Waals surface area contributed by atoms with E-state index in [0.717, 1.165) is 37.6 Å². The number of allylic oxidation sites excluding steroid dienone is 1. The van der Waals surface area contributed by atoms with Crippen LogP contribution in [0.2, 0.25) is 0 Å². The van der Waals surface area contributed by atoms with Gasteiger partial charge in [-0.05, 0) is 74.8 Å². The Balaban J connectivity index is 1.48. The van der Waals surface area contributed by atoms with E-state index in [-0.39, 0.29) is 23.1 Å². The molecule has 4 rings (SSSR count). The maximum Gasteiger partial charge on any atom is 0.203 e. The van der Waals surface area contributed by atoms with Crippen molar-refractivity contribution in [1.29, 1.82) is 5.26 Å². The van der Waals surface area contributed by atoms with Crippen molar-refractivity contribution in [2.45, 2.75) is 19.3 Å². The summed E-state index contributed by atoms with van der Waals surface area (Å²) in [6.45, 7) is 6.57. The molecule has 0 bridgehead atoms. The van der Waals surface area contributed by atoms with Crippen LogP contribution in [0.4, 0.5) is 4.39 Å². The summed E-state index contributed by atoms with van der Waals surface area (Å²) in [4.78, 5) is 19.2. The third-order valence-electron chi connectivity index (χ3n) is 6.61. The Bertz CT molecular complexity index is 1500. The van der Waals surface area contributed by atoms with Gasteiger partial charge in [0.05, 0.1) is 30.1 Å². The molecule has 39 heavy (non-hydrogen) atoms. The van der Waals surface area contributed by atoms with E-state index in [1.165, 1.54) is 29.1 Å². The average molecular weight is 527 g/mol. The number of hydrogen-bond acceptors (Lipinski definition) is 6. The number of aromatic nitrogens is 2. The van der Waals surface area contributed by atoms with Crippen LogP contribution in [0.1, 0.15) is 35.2 Å². The van der Waals surface area contributed by atoms with Crippen molar-refractivity contribution in [3.63, 3.8) is 0 Å². The molecule has 8 nitrogen and oxygen atoms in total. The highest BCUT2D eigenvalue weighted by atomic mass is 19.1. The number of ether oxygens (including phenoxy) is 1. The third-order valence-corrected chi connectivity index (χ3v) is 6.61. The van der Waals surface area contributed by atoms with Crippen LogP contribution in [0.3, 0.4) is 0 Å². The molecule has 1 aliphatic heterocycles. The normalized spacial score (nSPS) is 15.1. The van der Waals surface area contributed by atoms with Gasteiger partial charge < -0.3 is 15.4 Å². The molecule has 0 unspecified atom stereocenters. The van der Waals surface area contributed by atoms with Gasteiger partial charge in [0.15, 0.2) is 0 Å². The fraction of sp³-hybridized carbons (Fsp3) is 0.267. The monoisotopic (exact) mass is 526 g/mol. The summed E-state index contributed by atoms with van der Waals surface area (Å²) in [7, 11) is 2.13. The zero-order valence-corrected chi connectivity index (χ0v) is 21.9. The summed E-state index contributed by atoms with van der Waals surface area (Å²) in [6, 6.07) is 14.5. The lowest BCUT2D eigenvalue weighted by Crippen LogP contribution is -2.31. The molecule has 1 fully saturated rings. The number of piperidine rings is 1. The van der Waals surface area contributed by atoms with Crippen LogP contribution in [0, 0.1) is 23.1 Å². The van der Waals surface area contributed by atoms with E-state index in [0.29, 0.717) is 35.4 Å². The molecule has 0 aliphatic carbocycles. The lowest BCUT2D eigenvalue weighted by atomic mass is 9.98. The van der Waals surface area contributed by atoms with Gasteiger partial charge in [-0.1, -0.05) is 24.8 Å². The summed E-state index contributed by atoms with van der Waals surface area (Å²) < 4.78 is 21.2. The number of likely N-dealkylation sites (tertiary alicyclic amines) is 1. The lowest BCUT2D eigenvalue weighted by Gasteiger charge is -2.28. The van der Waals surface area contributed by atoms with Crippen molar-refractivity contribution in [2.75, 3.05) is 26.7 Å². The molecule has 1 saturated heterocycles. The molecule has 0 amide bonds. The van der Waals surface area contributed by atoms with Crippen molar-refractivity contribution < 1.29 is 9.13 Å². The smallest absolute Gasteiger partial charge is 0.203 e. The van der Waals surface area contributed by atoms with E-state index in [4.69, 9.17) is 15.7 Å². The maximum atomic E-state index is 13.9. The van der Waals surface area contributed by atoms with Crippen LogP contribution in [0.5, 0.6) is 0 Å². The first kappa shape index (κ1) is 27.5. The zero-order chi connectivity index (χ0) is 27.8. The van der Waals surface area contributed by atoms with Gasteiger partial charge >= 0.3 is 0 Å². The van der Waals surface area contributed by atoms with Crippen molar-refractivity contribution in [1.82, 2.24) is 14.7 Å². The fourth-order valence-electron chi connectivity index (χ4n) is 4.32. The molecule has 0 radical (unpaired) electrons. The predicted molar refractivity (Wildman–Crippen MR) is 149 cm³/mol. The van der Waals surface area contributed by atoms with Crippen LogP contribution in [0.15, 0.2) is 89.1 Å². The molecule has 9 heteroatoms. The standard InChI is InChI=1S/C30H31FN6O2/c1-3-27(39-20-21-7-10-36(2)11-8-21)19-34-30(33)24-6-4-5-22(13-24)16-28-29(38)9-12-37(35-28)26-15-23(18-32)14-25(31)17-26/h3-6,9,12-15,17,19,21H,1,7-8,10-11,16,20H2,2H3,(H2,33,34)/b27-19+. The highest BCUT2D eigenvalue weighted by molar-refractivity contribution is 5.98. The van der Waals surface area contributed by atoms with Crippen molar-refractivity contribution in [2.24, 2.45) is 16.6 Å². The second kappa shape index (κ2) is 12.8. The average Bonchev–Trinajstić information content (AvgIpc) is 2.95. The minimum Gasteiger partial charge on any atom is -0.492 e. The van der Waals surface area contributed by atoms with E-state index in [1.807, 2.05) is 30.3 Å². The Morgan fingerprint density at radius 2 is 2.08 bits per heavy atom. The minimum atomic E-state index is -0.561. The van der Waals surface area contributed by atoms with Gasteiger partial charge in [-0.25, -0.2) is 14.1 Å². The van der Waals surface area contributed by atoms with Crippen molar-refractivity contribution in [3.05, 3.63) is 118 Å². The number of rotatable bonds is 9. The maximum absolute atomic E-state index is 13.9. The molecule has 0 spiro atoms. The number of nitriles is 1. The molecule has 0 atom stereocenters. The van der Waals surface area contributed by atoms with Crippen LogP contribution in [0.25, 0.3) is 5.69 Å². The van der Waals surface area contributed by atoms with Gasteiger partial charge in [0.1, 0.15) is 23.1 Å². The summed E-state index contributed by atoms with van der Waals surface area (Å²) in [6.07, 6.45) is 7.06. The summed E-state index contributed by atoms with van der Waals surface area (Å²) in [5.41, 5.74) is 8.26. The van der Waals surface area contributed by atoms with Gasteiger partial charge in [0.2, 0.25) is 5.43 Å². The Hall–Kier alpha value is -4.55. The molecule has 1 aliphatic rings. The van der Waals surface area contributed by atoms with Gasteiger partial charge in [-0.3, -0.25) is 4.79 Å². The van der Waals surface area contributed by atoms with Crippen LogP contribution < -0.4 is 11.2 Å². The largest absolute Gasteiger partial charge is 0.492 e. The van der Waals surface area contributed by atoms with Gasteiger partial charge in [-0.15, -0.1) is 0 Å². The number of nitrogens with zero attached hydrogens (tertiary/aromatic N) is 5. The predicted octanol–water partition coefficient (Wildman–Crippen LogP) is 3.93. The number of benzene rings is 2. The number of amidine groups is 1. The quantitative estimate of drug-likeness (QED) is 0.196. The second-order valence-electron chi connectivity index (χ2n) is 9.57. The Kier molecular flexibility index (Phi) is 9.02. The Labute approximate surface area is 227 Å². The van der Waals surface area contributed by atoms with E-state index >= 15 is 0 Å². The van der Waals surface area contributed by atoms with Gasteiger partial charge in [0, 0.05) is 24.2 Å². The summed E-state index contributed by atoms with van der Waals surface area (Å²) >= 11 is 0. The third kappa shape index (κ3) is 7.49. The van der Waals surface area contributed by atoms with Crippen LogP contribution >= 0.6 is 0 Å². The SMILES string of the molecule is C=C/C(=C\N=C(N)c1cccc(Cc2nn(-c3cc(F)cc(C#N)c3)ccc2=O)c1)OCC1CCN(C)CC1. The van der Waals surface area contributed by atoms with Crippen LogP contribution in [-0.2, 0) is 11.2 Å². The van der Waals surface area contributed by atoms with E-state index < -0.39 is 5.82 Å². The first-order valence-corrected chi connectivity index (χ1v) is 12.7. The number of aliphatic imine (C=N–C) groups is 1. The Morgan fingerprint density at radius 1 is 1.28 bits per heavy atom. The first-order valence-electron chi connectivity index (χ1n) is 12.7. The van der Waals surface area contributed by atoms with Crippen molar-refractivity contribution in [3.8, 4) is 11.8 Å². The van der Waals surface area contributed by atoms with Crippen LogP contribution in [-0.4, -0.2) is 47.3 Å². The first-order chi connectivity index (χ1) is 18.8. The number of hydrogen-bond donors (Lipinski definition) is 1. The van der Waals surface area contributed by atoms with E-state index in [9.17, 15) is 9.18 Å². The number of nitrogens with two attached hydrogens (primary N) is 1. The highest BCUT2D eigenvalue weighted by Gasteiger charge is 2.17. The fourth-order valence-corrected chi connectivity index (χ4v) is 4.32. The van der Waals surface area contributed by atoms with E-state index in [1.54, 1.807) is 12.3 Å². The molecule has 0 saturated carbocycles. The summed E-state index contributed by atoms with van der Waals surface area (Å²) in [5, 5.41) is 13.5.